The molecule has 1 aromatic rings. The molecule has 1 N–H and O–H groups in total. The van der Waals surface area contributed by atoms with Crippen LogP contribution in [-0.4, -0.2) is 24.8 Å². The fraction of sp³-hybridized carbons (Fsp3) is 0.250. The molecule has 84 valence electrons. The van der Waals surface area contributed by atoms with Gasteiger partial charge in [-0.25, -0.2) is 9.18 Å². The first-order valence-electron chi connectivity index (χ1n) is 4.66. The smallest absolute Gasteiger partial charge is 0.337 e. The Hall–Kier alpha value is -1.86. The number of aliphatic hydroxyl groups is 1. The van der Waals surface area contributed by atoms with Gasteiger partial charge < -0.3 is 9.84 Å². The Balaban J connectivity index is 3.00. The lowest BCUT2D eigenvalue weighted by molar-refractivity contribution is 0.0600. The average molecular weight is 222 g/mol. The summed E-state index contributed by atoms with van der Waals surface area (Å²) in [5, 5.41) is 8.53. The molecule has 1 aromatic carbocycles. The summed E-state index contributed by atoms with van der Waals surface area (Å²) in [6.45, 7) is -0.0494. The van der Waals surface area contributed by atoms with Gasteiger partial charge in [0.15, 0.2) is 0 Å². The first kappa shape index (κ1) is 12.2. The van der Waals surface area contributed by atoms with Crippen LogP contribution in [0.15, 0.2) is 18.2 Å². The van der Waals surface area contributed by atoms with Crippen molar-refractivity contribution in [1.82, 2.24) is 0 Å². The van der Waals surface area contributed by atoms with E-state index in [0.29, 0.717) is 12.0 Å². The van der Waals surface area contributed by atoms with E-state index in [1.54, 1.807) is 0 Å². The highest BCUT2D eigenvalue weighted by Crippen LogP contribution is 2.09. The van der Waals surface area contributed by atoms with Crippen molar-refractivity contribution in [3.8, 4) is 11.8 Å². The largest absolute Gasteiger partial charge is 0.465 e. The quantitative estimate of drug-likeness (QED) is 0.606. The van der Waals surface area contributed by atoms with Crippen LogP contribution in [0.4, 0.5) is 4.39 Å². The lowest BCUT2D eigenvalue weighted by Gasteiger charge is -2.00. The zero-order valence-corrected chi connectivity index (χ0v) is 8.79. The number of hydrogen-bond acceptors (Lipinski definition) is 3. The van der Waals surface area contributed by atoms with Crippen molar-refractivity contribution in [3.05, 3.63) is 35.1 Å². The Morgan fingerprint density at radius 2 is 2.25 bits per heavy atom. The molecule has 4 heteroatoms. The number of rotatable bonds is 2. The van der Waals surface area contributed by atoms with Crippen molar-refractivity contribution in [3.63, 3.8) is 0 Å². The number of carbonyl (C=O) groups is 1. The molecule has 0 saturated carbocycles. The maximum atomic E-state index is 13.1. The first-order chi connectivity index (χ1) is 7.67. The summed E-state index contributed by atoms with van der Waals surface area (Å²) in [4.78, 5) is 11.2. The summed E-state index contributed by atoms with van der Waals surface area (Å²) < 4.78 is 17.6. The van der Waals surface area contributed by atoms with Crippen molar-refractivity contribution in [2.24, 2.45) is 0 Å². The van der Waals surface area contributed by atoms with Crippen molar-refractivity contribution < 1.29 is 19.0 Å². The van der Waals surface area contributed by atoms with E-state index in [1.165, 1.54) is 19.2 Å². The normalized spacial score (nSPS) is 9.19. The van der Waals surface area contributed by atoms with Crippen LogP contribution in [0.25, 0.3) is 0 Å². The Kier molecular flexibility index (Phi) is 4.49. The molecule has 0 saturated heterocycles. The third-order valence-electron chi connectivity index (χ3n) is 1.79. The average Bonchev–Trinajstić information content (AvgIpc) is 2.27. The van der Waals surface area contributed by atoms with Gasteiger partial charge in [-0.1, -0.05) is 11.8 Å². The number of halogens is 1. The van der Waals surface area contributed by atoms with Crippen molar-refractivity contribution in [2.75, 3.05) is 13.7 Å². The fourth-order valence-electron chi connectivity index (χ4n) is 1.12. The summed E-state index contributed by atoms with van der Waals surface area (Å²) in [6.07, 6.45) is 0.310. The zero-order valence-electron chi connectivity index (χ0n) is 8.79. The van der Waals surface area contributed by atoms with Gasteiger partial charge in [0.1, 0.15) is 5.82 Å². The maximum absolute atomic E-state index is 13.1. The van der Waals surface area contributed by atoms with Gasteiger partial charge in [0.25, 0.3) is 0 Å². The molecule has 1 rings (SSSR count). The lowest BCUT2D eigenvalue weighted by atomic mass is 10.1. The van der Waals surface area contributed by atoms with E-state index in [1.807, 2.05) is 0 Å². The van der Waals surface area contributed by atoms with E-state index < -0.39 is 11.8 Å². The molecule has 0 amide bonds. The lowest BCUT2D eigenvalue weighted by Crippen LogP contribution is -2.02. The molecular weight excluding hydrogens is 211 g/mol. The third-order valence-corrected chi connectivity index (χ3v) is 1.79. The van der Waals surface area contributed by atoms with Gasteiger partial charge in [-0.3, -0.25) is 0 Å². The van der Waals surface area contributed by atoms with Crippen LogP contribution in [0, 0.1) is 17.7 Å². The van der Waals surface area contributed by atoms with Gasteiger partial charge >= 0.3 is 5.97 Å². The Bertz CT molecular complexity index is 443. The SMILES string of the molecule is COC(=O)c1cc(F)cc(C#CCCO)c1. The Morgan fingerprint density at radius 3 is 2.88 bits per heavy atom. The summed E-state index contributed by atoms with van der Waals surface area (Å²) in [5.41, 5.74) is 0.504. The highest BCUT2D eigenvalue weighted by molar-refractivity contribution is 5.89. The van der Waals surface area contributed by atoms with Crippen molar-refractivity contribution >= 4 is 5.97 Å². The Labute approximate surface area is 92.9 Å². The van der Waals surface area contributed by atoms with E-state index in [0.717, 1.165) is 6.07 Å². The van der Waals surface area contributed by atoms with Crippen LogP contribution in [0.2, 0.25) is 0 Å². The first-order valence-corrected chi connectivity index (χ1v) is 4.66. The molecule has 0 aliphatic rings. The van der Waals surface area contributed by atoms with Gasteiger partial charge in [-0.15, -0.1) is 0 Å². The summed E-state index contributed by atoms with van der Waals surface area (Å²) in [6, 6.07) is 3.75. The second kappa shape index (κ2) is 5.89. The molecule has 0 spiro atoms. The number of benzene rings is 1. The standard InChI is InChI=1S/C12H11FO3/c1-16-12(15)10-6-9(4-2-3-5-14)7-11(13)8-10/h6-8,14H,3,5H2,1H3. The molecule has 0 aliphatic heterocycles. The van der Waals surface area contributed by atoms with Crippen LogP contribution in [0.3, 0.4) is 0 Å². The minimum Gasteiger partial charge on any atom is -0.465 e. The van der Waals surface area contributed by atoms with E-state index >= 15 is 0 Å². The number of hydrogen-bond donors (Lipinski definition) is 1. The molecule has 16 heavy (non-hydrogen) atoms. The van der Waals surface area contributed by atoms with Crippen LogP contribution in [-0.2, 0) is 4.74 Å². The molecule has 0 fully saturated rings. The fourth-order valence-corrected chi connectivity index (χ4v) is 1.12. The summed E-state index contributed by atoms with van der Waals surface area (Å²) >= 11 is 0. The minimum absolute atomic E-state index is 0.0494. The predicted octanol–water partition coefficient (Wildman–Crippen LogP) is 1.35. The second-order valence-corrected chi connectivity index (χ2v) is 3.00. The summed E-state index contributed by atoms with van der Waals surface area (Å²) in [7, 11) is 1.23. The molecule has 0 atom stereocenters. The molecule has 0 aromatic heterocycles. The number of methoxy groups -OCH3 is 1. The molecule has 0 radical (unpaired) electrons. The van der Waals surface area contributed by atoms with Gasteiger partial charge in [0, 0.05) is 12.0 Å². The van der Waals surface area contributed by atoms with Crippen molar-refractivity contribution in [2.45, 2.75) is 6.42 Å². The molecule has 0 heterocycles. The van der Waals surface area contributed by atoms with Gasteiger partial charge in [0.05, 0.1) is 19.3 Å². The summed E-state index contributed by atoms with van der Waals surface area (Å²) in [5.74, 6) is 4.14. The van der Waals surface area contributed by atoms with E-state index in [4.69, 9.17) is 5.11 Å². The van der Waals surface area contributed by atoms with Crippen LogP contribution in [0.5, 0.6) is 0 Å². The molecule has 3 nitrogen and oxygen atoms in total. The van der Waals surface area contributed by atoms with Gasteiger partial charge in [-0.2, -0.15) is 0 Å². The minimum atomic E-state index is -0.607. The highest BCUT2D eigenvalue weighted by Gasteiger charge is 2.07. The molecule has 0 aliphatic carbocycles. The van der Waals surface area contributed by atoms with Gasteiger partial charge in [0.2, 0.25) is 0 Å². The monoisotopic (exact) mass is 222 g/mol. The van der Waals surface area contributed by atoms with Crippen LogP contribution >= 0.6 is 0 Å². The highest BCUT2D eigenvalue weighted by atomic mass is 19.1. The van der Waals surface area contributed by atoms with Gasteiger partial charge in [-0.05, 0) is 18.2 Å². The van der Waals surface area contributed by atoms with E-state index in [9.17, 15) is 9.18 Å². The van der Waals surface area contributed by atoms with E-state index in [2.05, 4.69) is 16.6 Å². The number of esters is 1. The zero-order chi connectivity index (χ0) is 12.0. The van der Waals surface area contributed by atoms with Crippen LogP contribution < -0.4 is 0 Å². The number of ether oxygens (including phenoxy) is 1. The third kappa shape index (κ3) is 3.37. The Morgan fingerprint density at radius 1 is 1.50 bits per heavy atom. The number of carbonyl (C=O) groups excluding carboxylic acids is 1. The maximum Gasteiger partial charge on any atom is 0.337 e. The molecular formula is C12H11FO3. The van der Waals surface area contributed by atoms with Crippen LogP contribution in [0.1, 0.15) is 22.3 Å². The van der Waals surface area contributed by atoms with Crippen molar-refractivity contribution in [1.29, 1.82) is 0 Å². The predicted molar refractivity (Wildman–Crippen MR) is 56.3 cm³/mol. The van der Waals surface area contributed by atoms with E-state index in [-0.39, 0.29) is 12.2 Å². The second-order valence-electron chi connectivity index (χ2n) is 3.00. The number of aliphatic hydroxyl groups excluding tert-OH is 1. The molecule has 0 bridgehead atoms. The topological polar surface area (TPSA) is 46.5 Å². The molecule has 0 unspecified atom stereocenters.